The maximum Gasteiger partial charge on any atom is 0.137 e. The average Bonchev–Trinajstić information content (AvgIpc) is 3.49. The number of nitrogens with zero attached hydrogens (tertiary/aromatic N) is 3. The van der Waals surface area contributed by atoms with Crippen LogP contribution in [0.4, 0.5) is 0 Å². The second kappa shape index (κ2) is 7.46. The van der Waals surface area contributed by atoms with Gasteiger partial charge in [-0.2, -0.15) is 0 Å². The van der Waals surface area contributed by atoms with E-state index in [2.05, 4.69) is 125 Å². The molecule has 0 saturated heterocycles. The number of aromatic nitrogens is 3. The summed E-state index contributed by atoms with van der Waals surface area (Å²) in [6.45, 7) is 0. The minimum absolute atomic E-state index is 0.915. The van der Waals surface area contributed by atoms with Crippen LogP contribution < -0.4 is 0 Å². The van der Waals surface area contributed by atoms with Crippen molar-refractivity contribution in [2.75, 3.05) is 0 Å². The van der Waals surface area contributed by atoms with Crippen molar-refractivity contribution in [1.82, 2.24) is 14.1 Å². The molecule has 0 unspecified atom stereocenters. The molecule has 3 heteroatoms. The van der Waals surface area contributed by atoms with Gasteiger partial charge in [-0.3, -0.25) is 0 Å². The molecular formula is C31H21N3. The fraction of sp³-hybridized carbons (Fsp3) is 0. The fourth-order valence-corrected chi connectivity index (χ4v) is 5.06. The predicted octanol–water partition coefficient (Wildman–Crippen LogP) is 7.79. The number of rotatable bonds is 3. The standard InChI is InChI=1S/C31H21N3/c1-3-9-22(10-4-1)24-16-18-29(32-21-24)33-20-19-23-15-17-28-30(31(23)33)26-13-7-8-14-27(26)34(28)25-11-5-2-6-12-25/h1-21H. The second-order valence-corrected chi connectivity index (χ2v) is 8.54. The van der Waals surface area contributed by atoms with Crippen molar-refractivity contribution in [1.29, 1.82) is 0 Å². The molecule has 0 atom stereocenters. The molecule has 3 nitrogen and oxygen atoms in total. The molecule has 0 radical (unpaired) electrons. The quantitative estimate of drug-likeness (QED) is 0.278. The van der Waals surface area contributed by atoms with Crippen LogP contribution in [-0.4, -0.2) is 14.1 Å². The lowest BCUT2D eigenvalue weighted by molar-refractivity contribution is 1.05. The molecule has 0 saturated carbocycles. The Labute approximate surface area is 197 Å². The lowest BCUT2D eigenvalue weighted by Gasteiger charge is -2.09. The SMILES string of the molecule is c1ccc(-c2ccc(-n3ccc4ccc5c(c6ccccc6n5-c5ccccc5)c43)nc2)cc1. The molecule has 0 bridgehead atoms. The zero-order valence-corrected chi connectivity index (χ0v) is 18.5. The summed E-state index contributed by atoms with van der Waals surface area (Å²) in [4.78, 5) is 4.86. The van der Waals surface area contributed by atoms with Gasteiger partial charge in [0.25, 0.3) is 0 Å². The first-order valence-corrected chi connectivity index (χ1v) is 11.5. The molecule has 3 heterocycles. The molecule has 160 valence electrons. The smallest absolute Gasteiger partial charge is 0.137 e. The number of hydrogen-bond donors (Lipinski definition) is 0. The van der Waals surface area contributed by atoms with Gasteiger partial charge in [0, 0.05) is 39.8 Å². The zero-order valence-electron chi connectivity index (χ0n) is 18.5. The average molecular weight is 436 g/mol. The first-order chi connectivity index (χ1) is 16.9. The van der Waals surface area contributed by atoms with Crippen LogP contribution in [0, 0.1) is 0 Å². The molecule has 0 amide bonds. The molecule has 7 aromatic rings. The summed E-state index contributed by atoms with van der Waals surface area (Å²) < 4.78 is 4.57. The summed E-state index contributed by atoms with van der Waals surface area (Å²) in [5, 5.41) is 3.70. The van der Waals surface area contributed by atoms with Crippen LogP contribution in [0.1, 0.15) is 0 Å². The van der Waals surface area contributed by atoms with Gasteiger partial charge in [-0.05, 0) is 48.0 Å². The van der Waals surface area contributed by atoms with Crippen LogP contribution in [0.25, 0.3) is 55.3 Å². The van der Waals surface area contributed by atoms with Crippen LogP contribution in [0.15, 0.2) is 128 Å². The largest absolute Gasteiger partial charge is 0.309 e. The molecule has 0 spiro atoms. The van der Waals surface area contributed by atoms with Gasteiger partial charge in [0.05, 0.1) is 16.6 Å². The van der Waals surface area contributed by atoms with E-state index < -0.39 is 0 Å². The molecule has 34 heavy (non-hydrogen) atoms. The van der Waals surface area contributed by atoms with Crippen LogP contribution in [0.2, 0.25) is 0 Å². The van der Waals surface area contributed by atoms with E-state index >= 15 is 0 Å². The number of benzene rings is 4. The van der Waals surface area contributed by atoms with Gasteiger partial charge in [0.1, 0.15) is 5.82 Å². The number of para-hydroxylation sites is 2. The maximum atomic E-state index is 4.86. The Morgan fingerprint density at radius 3 is 2.12 bits per heavy atom. The summed E-state index contributed by atoms with van der Waals surface area (Å²) in [5.41, 5.74) is 7.04. The number of pyridine rings is 1. The Bertz CT molecular complexity index is 1770. The molecular weight excluding hydrogens is 414 g/mol. The Kier molecular flexibility index (Phi) is 4.15. The minimum Gasteiger partial charge on any atom is -0.309 e. The van der Waals surface area contributed by atoms with Crippen molar-refractivity contribution in [2.45, 2.75) is 0 Å². The van der Waals surface area contributed by atoms with E-state index in [4.69, 9.17) is 4.98 Å². The summed E-state index contributed by atoms with van der Waals surface area (Å²) >= 11 is 0. The van der Waals surface area contributed by atoms with Crippen LogP contribution in [0.3, 0.4) is 0 Å². The van der Waals surface area contributed by atoms with E-state index in [1.165, 1.54) is 38.3 Å². The molecule has 7 rings (SSSR count). The van der Waals surface area contributed by atoms with Gasteiger partial charge in [-0.1, -0.05) is 72.8 Å². The Morgan fingerprint density at radius 1 is 0.559 bits per heavy atom. The Morgan fingerprint density at radius 2 is 1.32 bits per heavy atom. The number of fused-ring (bicyclic) bond motifs is 5. The second-order valence-electron chi connectivity index (χ2n) is 8.54. The fourth-order valence-electron chi connectivity index (χ4n) is 5.06. The van der Waals surface area contributed by atoms with Crippen molar-refractivity contribution < 1.29 is 0 Å². The topological polar surface area (TPSA) is 22.8 Å². The van der Waals surface area contributed by atoms with Gasteiger partial charge < -0.3 is 9.13 Å². The molecule has 0 aliphatic carbocycles. The van der Waals surface area contributed by atoms with Crippen molar-refractivity contribution in [3.05, 3.63) is 128 Å². The monoisotopic (exact) mass is 435 g/mol. The van der Waals surface area contributed by atoms with Gasteiger partial charge in [0.2, 0.25) is 0 Å². The molecule has 0 N–H and O–H groups in total. The van der Waals surface area contributed by atoms with Gasteiger partial charge >= 0.3 is 0 Å². The van der Waals surface area contributed by atoms with Gasteiger partial charge in [-0.15, -0.1) is 0 Å². The van der Waals surface area contributed by atoms with E-state index in [-0.39, 0.29) is 0 Å². The maximum absolute atomic E-state index is 4.86. The van der Waals surface area contributed by atoms with Crippen LogP contribution in [0.5, 0.6) is 0 Å². The highest BCUT2D eigenvalue weighted by Gasteiger charge is 2.17. The van der Waals surface area contributed by atoms with Gasteiger partial charge in [-0.25, -0.2) is 4.98 Å². The van der Waals surface area contributed by atoms with Crippen LogP contribution >= 0.6 is 0 Å². The van der Waals surface area contributed by atoms with E-state index in [0.717, 1.165) is 17.1 Å². The molecule has 4 aromatic carbocycles. The van der Waals surface area contributed by atoms with Crippen molar-refractivity contribution in [2.24, 2.45) is 0 Å². The summed E-state index contributed by atoms with van der Waals surface area (Å²) in [6.07, 6.45) is 4.09. The van der Waals surface area contributed by atoms with Crippen molar-refractivity contribution in [3.8, 4) is 22.6 Å². The van der Waals surface area contributed by atoms with Crippen molar-refractivity contribution in [3.63, 3.8) is 0 Å². The van der Waals surface area contributed by atoms with Crippen LogP contribution in [-0.2, 0) is 0 Å². The lowest BCUT2D eigenvalue weighted by Crippen LogP contribution is -1.96. The highest BCUT2D eigenvalue weighted by Crippen LogP contribution is 2.37. The highest BCUT2D eigenvalue weighted by atomic mass is 15.1. The summed E-state index contributed by atoms with van der Waals surface area (Å²) in [6, 6.07) is 40.5. The number of hydrogen-bond acceptors (Lipinski definition) is 1. The van der Waals surface area contributed by atoms with Gasteiger partial charge in [0.15, 0.2) is 0 Å². The Balaban J connectivity index is 1.50. The third-order valence-electron chi connectivity index (χ3n) is 6.60. The van der Waals surface area contributed by atoms with E-state index in [0.29, 0.717) is 0 Å². The first-order valence-electron chi connectivity index (χ1n) is 11.5. The molecule has 3 aromatic heterocycles. The first kappa shape index (κ1) is 18.9. The lowest BCUT2D eigenvalue weighted by atomic mass is 10.1. The van der Waals surface area contributed by atoms with Crippen molar-refractivity contribution >= 4 is 32.7 Å². The minimum atomic E-state index is 0.915. The zero-order chi connectivity index (χ0) is 22.5. The van der Waals surface area contributed by atoms with E-state index in [9.17, 15) is 0 Å². The molecule has 0 aliphatic rings. The van der Waals surface area contributed by atoms with E-state index in [1.54, 1.807) is 0 Å². The highest BCUT2D eigenvalue weighted by molar-refractivity contribution is 6.20. The molecule has 0 aliphatic heterocycles. The summed E-state index contributed by atoms with van der Waals surface area (Å²) in [5.74, 6) is 0.915. The third kappa shape index (κ3) is 2.81. The molecule has 0 fully saturated rings. The normalized spacial score (nSPS) is 11.5. The third-order valence-corrected chi connectivity index (χ3v) is 6.60. The Hall–Kier alpha value is -4.63. The van der Waals surface area contributed by atoms with E-state index in [1.807, 2.05) is 12.3 Å². The predicted molar refractivity (Wildman–Crippen MR) is 141 cm³/mol. The summed E-state index contributed by atoms with van der Waals surface area (Å²) in [7, 11) is 0.